The molecule has 1 heterocycles. The van der Waals surface area contributed by atoms with Crippen molar-refractivity contribution in [1.29, 1.82) is 10.8 Å². The molecular weight excluding hydrogens is 464 g/mol. The van der Waals surface area contributed by atoms with E-state index in [1.54, 1.807) is 14.0 Å². The number of pyridine rings is 1. The molecule has 0 saturated carbocycles. The summed E-state index contributed by atoms with van der Waals surface area (Å²) in [5.41, 5.74) is -1.75. The zero-order valence-electron chi connectivity index (χ0n) is 19.7. The smallest absolute Gasteiger partial charge is 0.275 e. The Bertz CT molecular complexity index is 1160. The summed E-state index contributed by atoms with van der Waals surface area (Å²) in [7, 11) is 1.71. The van der Waals surface area contributed by atoms with E-state index in [0.29, 0.717) is 24.4 Å². The standard InChI is InChI=1S/C23H29F2N5O3S/c1-6-30(22(28-5)23(2,3)4)21(33)17-19(32)18(31)14(11-29-17)20(27)34-16(26)9-12-7-8-13(24)10-15(12)25/h7-8,10-11,22,26-28,32H,6,9H2,1-5H3,(H,29,31). The van der Waals surface area contributed by atoms with Gasteiger partial charge >= 0.3 is 0 Å². The lowest BCUT2D eigenvalue weighted by molar-refractivity contribution is 0.0460. The van der Waals surface area contributed by atoms with E-state index in [9.17, 15) is 23.5 Å². The van der Waals surface area contributed by atoms with Crippen LogP contribution in [0.15, 0.2) is 29.2 Å². The Balaban J connectivity index is 2.25. The second-order valence-electron chi connectivity index (χ2n) is 8.67. The highest BCUT2D eigenvalue weighted by molar-refractivity contribution is 8.26. The van der Waals surface area contributed by atoms with Crippen LogP contribution in [-0.4, -0.2) is 50.7 Å². The number of nitrogens with zero attached hydrogens (tertiary/aromatic N) is 1. The minimum atomic E-state index is -0.937. The first-order valence-electron chi connectivity index (χ1n) is 10.5. The zero-order valence-corrected chi connectivity index (χ0v) is 20.5. The highest BCUT2D eigenvalue weighted by Gasteiger charge is 2.33. The second kappa shape index (κ2) is 10.9. The summed E-state index contributed by atoms with van der Waals surface area (Å²) in [5, 5.41) is 29.2. The quantitative estimate of drug-likeness (QED) is 0.228. The Morgan fingerprint density at radius 1 is 1.29 bits per heavy atom. The number of aromatic amines is 1. The van der Waals surface area contributed by atoms with Crippen LogP contribution in [0.2, 0.25) is 0 Å². The Hall–Kier alpha value is -3.05. The first-order chi connectivity index (χ1) is 15.8. The van der Waals surface area contributed by atoms with Crippen molar-refractivity contribution < 1.29 is 18.7 Å². The largest absolute Gasteiger partial charge is 0.503 e. The average Bonchev–Trinajstić information content (AvgIpc) is 2.74. The number of carbonyl (C=O) groups is 1. The lowest BCUT2D eigenvalue weighted by atomic mass is 9.91. The van der Waals surface area contributed by atoms with Crippen LogP contribution in [0.3, 0.4) is 0 Å². The van der Waals surface area contributed by atoms with Gasteiger partial charge in [0, 0.05) is 25.2 Å². The second-order valence-corrected chi connectivity index (χ2v) is 9.78. The van der Waals surface area contributed by atoms with E-state index in [1.807, 2.05) is 20.8 Å². The van der Waals surface area contributed by atoms with E-state index >= 15 is 0 Å². The molecule has 0 aliphatic rings. The number of hydrogen-bond acceptors (Lipinski definition) is 7. The summed E-state index contributed by atoms with van der Waals surface area (Å²) >= 11 is 0.590. The molecular formula is C23H29F2N5O3S. The van der Waals surface area contributed by atoms with Gasteiger partial charge in [-0.2, -0.15) is 0 Å². The van der Waals surface area contributed by atoms with E-state index in [-0.39, 0.29) is 44.9 Å². The predicted molar refractivity (Wildman–Crippen MR) is 130 cm³/mol. The van der Waals surface area contributed by atoms with Crippen LogP contribution in [-0.2, 0) is 6.42 Å². The van der Waals surface area contributed by atoms with Gasteiger partial charge in [-0.05, 0) is 31.0 Å². The van der Waals surface area contributed by atoms with Crippen molar-refractivity contribution >= 4 is 27.8 Å². The highest BCUT2D eigenvalue weighted by Crippen LogP contribution is 2.25. The van der Waals surface area contributed by atoms with Gasteiger partial charge in [0.05, 0.1) is 16.8 Å². The molecule has 1 amide bonds. The maximum absolute atomic E-state index is 13.8. The van der Waals surface area contributed by atoms with E-state index in [4.69, 9.17) is 10.8 Å². The van der Waals surface area contributed by atoms with Crippen LogP contribution < -0.4 is 10.7 Å². The lowest BCUT2D eigenvalue weighted by Gasteiger charge is -2.39. The van der Waals surface area contributed by atoms with Crippen LogP contribution in [0.4, 0.5) is 8.78 Å². The van der Waals surface area contributed by atoms with Crippen molar-refractivity contribution in [3.05, 3.63) is 63.1 Å². The van der Waals surface area contributed by atoms with Crippen molar-refractivity contribution in [2.45, 2.75) is 40.3 Å². The van der Waals surface area contributed by atoms with Gasteiger partial charge in [-0.25, -0.2) is 8.78 Å². The third kappa shape index (κ3) is 6.09. The summed E-state index contributed by atoms with van der Waals surface area (Å²) in [5.74, 6) is -2.97. The molecule has 1 atom stereocenters. The van der Waals surface area contributed by atoms with E-state index in [1.165, 1.54) is 11.0 Å². The van der Waals surface area contributed by atoms with Crippen molar-refractivity contribution in [3.63, 3.8) is 0 Å². The molecule has 0 aliphatic heterocycles. The summed E-state index contributed by atoms with van der Waals surface area (Å²) in [6.07, 6.45) is 0.549. The SMILES string of the molecule is CCN(C(=O)c1[nH]cc(C(=N)SC(=N)Cc2ccc(F)cc2F)c(=O)c1O)C(NC)C(C)(C)C. The molecule has 1 aromatic carbocycles. The van der Waals surface area contributed by atoms with Crippen molar-refractivity contribution in [2.24, 2.45) is 5.41 Å². The van der Waals surface area contributed by atoms with Gasteiger partial charge in [0.1, 0.15) is 16.7 Å². The number of amides is 1. The number of halogens is 2. The van der Waals surface area contributed by atoms with E-state index in [0.717, 1.165) is 12.3 Å². The molecule has 0 aliphatic carbocycles. The fourth-order valence-corrected chi connectivity index (χ4v) is 4.28. The Morgan fingerprint density at radius 3 is 2.47 bits per heavy atom. The molecule has 1 unspecified atom stereocenters. The molecule has 11 heteroatoms. The molecule has 0 fully saturated rings. The van der Waals surface area contributed by atoms with Gasteiger partial charge in [0.2, 0.25) is 5.43 Å². The van der Waals surface area contributed by atoms with Crippen LogP contribution in [0.1, 0.15) is 49.3 Å². The molecule has 1 aromatic heterocycles. The highest BCUT2D eigenvalue weighted by atomic mass is 32.2. The molecule has 2 rings (SSSR count). The van der Waals surface area contributed by atoms with Gasteiger partial charge in [-0.15, -0.1) is 0 Å². The normalized spacial score (nSPS) is 12.3. The summed E-state index contributed by atoms with van der Waals surface area (Å²) < 4.78 is 26.9. The molecule has 184 valence electrons. The molecule has 0 saturated heterocycles. The molecule has 0 spiro atoms. The number of rotatable bonds is 7. The van der Waals surface area contributed by atoms with Crippen molar-refractivity contribution in [1.82, 2.24) is 15.2 Å². The van der Waals surface area contributed by atoms with Gasteiger partial charge in [0.15, 0.2) is 11.4 Å². The fraction of sp³-hybridized carbons (Fsp3) is 0.391. The molecule has 5 N–H and O–H groups in total. The van der Waals surface area contributed by atoms with E-state index in [2.05, 4.69) is 10.3 Å². The van der Waals surface area contributed by atoms with Gasteiger partial charge in [-0.1, -0.05) is 38.6 Å². The van der Waals surface area contributed by atoms with Gasteiger partial charge in [0.25, 0.3) is 5.91 Å². The van der Waals surface area contributed by atoms with Crippen LogP contribution >= 0.6 is 11.8 Å². The zero-order chi connectivity index (χ0) is 25.8. The van der Waals surface area contributed by atoms with Crippen LogP contribution in [0, 0.1) is 27.9 Å². The number of carbonyl (C=O) groups excluding carboxylic acids is 1. The minimum Gasteiger partial charge on any atom is -0.503 e. The van der Waals surface area contributed by atoms with Crippen LogP contribution in [0.25, 0.3) is 0 Å². The Kier molecular flexibility index (Phi) is 8.73. The van der Waals surface area contributed by atoms with Crippen molar-refractivity contribution in [3.8, 4) is 5.75 Å². The molecule has 34 heavy (non-hydrogen) atoms. The first-order valence-corrected chi connectivity index (χ1v) is 11.3. The fourth-order valence-electron chi connectivity index (χ4n) is 3.55. The molecule has 2 aromatic rings. The average molecular weight is 494 g/mol. The van der Waals surface area contributed by atoms with Gasteiger partial charge in [-0.3, -0.25) is 25.7 Å². The van der Waals surface area contributed by atoms with Crippen molar-refractivity contribution in [2.75, 3.05) is 13.6 Å². The Labute approximate surface area is 200 Å². The number of nitrogens with one attached hydrogen (secondary N) is 4. The molecule has 8 nitrogen and oxygen atoms in total. The number of H-pyrrole nitrogens is 1. The van der Waals surface area contributed by atoms with Crippen LogP contribution in [0.5, 0.6) is 5.75 Å². The third-order valence-electron chi connectivity index (χ3n) is 5.11. The molecule has 0 bridgehead atoms. The summed E-state index contributed by atoms with van der Waals surface area (Å²) in [6.45, 7) is 7.93. The summed E-state index contributed by atoms with van der Waals surface area (Å²) in [4.78, 5) is 29.9. The monoisotopic (exact) mass is 493 g/mol. The maximum atomic E-state index is 13.8. The number of benzene rings is 1. The number of aromatic nitrogens is 1. The lowest BCUT2D eigenvalue weighted by Crippen LogP contribution is -2.54. The predicted octanol–water partition coefficient (Wildman–Crippen LogP) is 3.69. The third-order valence-corrected chi connectivity index (χ3v) is 5.93. The number of aromatic hydroxyl groups is 1. The maximum Gasteiger partial charge on any atom is 0.275 e. The molecule has 0 radical (unpaired) electrons. The Morgan fingerprint density at radius 2 is 1.94 bits per heavy atom. The number of thioether (sulfide) groups is 1. The summed E-state index contributed by atoms with van der Waals surface area (Å²) in [6, 6.07) is 2.98. The number of hydrogen-bond donors (Lipinski definition) is 5. The van der Waals surface area contributed by atoms with Gasteiger partial charge < -0.3 is 15.0 Å². The van der Waals surface area contributed by atoms with E-state index < -0.39 is 28.7 Å². The first kappa shape index (κ1) is 27.2. The topological polar surface area (TPSA) is 133 Å². The minimum absolute atomic E-state index is 0.0713.